The van der Waals surface area contributed by atoms with Gasteiger partial charge in [0.05, 0.1) is 10.1 Å². The predicted octanol–water partition coefficient (Wildman–Crippen LogP) is 4.11. The summed E-state index contributed by atoms with van der Waals surface area (Å²) in [4.78, 5) is 0. The molecule has 0 aromatic rings. The van der Waals surface area contributed by atoms with E-state index >= 15 is 0 Å². The van der Waals surface area contributed by atoms with Gasteiger partial charge in [-0.15, -0.1) is 0 Å². The molecule has 4 nitrogen and oxygen atoms in total. The summed E-state index contributed by atoms with van der Waals surface area (Å²) in [6.45, 7) is 2.49. The Morgan fingerprint density at radius 2 is 0.900 bits per heavy atom. The van der Waals surface area contributed by atoms with Gasteiger partial charge in [0, 0.05) is 11.9 Å². The van der Waals surface area contributed by atoms with Crippen molar-refractivity contribution in [2.75, 3.05) is 6.61 Å². The van der Waals surface area contributed by atoms with Crippen LogP contribution in [0.1, 0.15) is 142 Å². The average Bonchev–Trinajstić information content (AvgIpc) is 2.68. The Labute approximate surface area is 230 Å². The van der Waals surface area contributed by atoms with Crippen molar-refractivity contribution < 1.29 is 69.5 Å². The predicted molar refractivity (Wildman–Crippen MR) is 123 cm³/mol. The molecule has 0 aliphatic rings. The van der Waals surface area contributed by atoms with E-state index in [9.17, 15) is 13.0 Å². The minimum Gasteiger partial charge on any atom is -0.748 e. The van der Waals surface area contributed by atoms with E-state index in [1.54, 1.807) is 0 Å². The fraction of sp³-hybridized carbons (Fsp3) is 1.00. The first-order valence-electron chi connectivity index (χ1n) is 12.6. The standard InChI is InChI=1S/C24H50O4S.K/c1-2-3-4-15-18-21-24(29(26,27)28)22-19-16-13-11-9-7-5-6-8-10-12-14-17-20-23-25;/h24-25H,2-23H2,1H3,(H,26,27,28);/q;+1/p-1. The van der Waals surface area contributed by atoms with Gasteiger partial charge < -0.3 is 9.66 Å². The third-order valence-corrected chi connectivity index (χ3v) is 7.26. The van der Waals surface area contributed by atoms with Crippen molar-refractivity contribution in [3.63, 3.8) is 0 Å². The van der Waals surface area contributed by atoms with E-state index in [0.717, 1.165) is 51.4 Å². The van der Waals surface area contributed by atoms with E-state index in [4.69, 9.17) is 5.11 Å². The summed E-state index contributed by atoms with van der Waals surface area (Å²) < 4.78 is 34.4. The van der Waals surface area contributed by atoms with Crippen LogP contribution in [-0.2, 0) is 10.1 Å². The average molecular weight is 473 g/mol. The van der Waals surface area contributed by atoms with Gasteiger partial charge in [-0.3, -0.25) is 0 Å². The number of hydrogen-bond acceptors (Lipinski definition) is 4. The second-order valence-electron chi connectivity index (χ2n) is 8.78. The van der Waals surface area contributed by atoms with Crippen molar-refractivity contribution in [3.05, 3.63) is 0 Å². The van der Waals surface area contributed by atoms with Crippen LogP contribution < -0.4 is 51.4 Å². The molecule has 1 N–H and O–H groups in total. The summed E-state index contributed by atoms with van der Waals surface area (Å²) in [5.74, 6) is 0. The molecule has 1 atom stereocenters. The molecule has 0 rings (SSSR count). The first-order chi connectivity index (χ1) is 14.0. The Kier molecular flexibility index (Phi) is 28.2. The van der Waals surface area contributed by atoms with Crippen molar-refractivity contribution >= 4 is 10.1 Å². The number of aliphatic hydroxyl groups is 1. The molecule has 0 amide bonds. The van der Waals surface area contributed by atoms with Crippen molar-refractivity contribution in [1.29, 1.82) is 0 Å². The molecule has 0 aromatic carbocycles. The smallest absolute Gasteiger partial charge is 0.748 e. The molecule has 0 bridgehead atoms. The van der Waals surface area contributed by atoms with Crippen LogP contribution in [0.4, 0.5) is 0 Å². The number of unbranched alkanes of at least 4 members (excludes halogenated alkanes) is 17. The number of aliphatic hydroxyl groups excluding tert-OH is 1. The van der Waals surface area contributed by atoms with Crippen LogP contribution in [0.15, 0.2) is 0 Å². The molecule has 0 spiro atoms. The fourth-order valence-electron chi connectivity index (χ4n) is 4.01. The summed E-state index contributed by atoms with van der Waals surface area (Å²) >= 11 is 0. The van der Waals surface area contributed by atoms with Crippen LogP contribution in [0, 0.1) is 0 Å². The van der Waals surface area contributed by atoms with E-state index in [0.29, 0.717) is 19.4 Å². The second-order valence-corrected chi connectivity index (χ2v) is 10.4. The molecule has 0 fully saturated rings. The Hall–Kier alpha value is 1.51. The minimum absolute atomic E-state index is 0. The maximum absolute atomic E-state index is 11.5. The number of hydrogen-bond donors (Lipinski definition) is 1. The van der Waals surface area contributed by atoms with Crippen LogP contribution in [0.25, 0.3) is 0 Å². The summed E-state index contributed by atoms with van der Waals surface area (Å²) in [6, 6.07) is 0. The monoisotopic (exact) mass is 472 g/mol. The maximum atomic E-state index is 11.5. The quantitative estimate of drug-likeness (QED) is 0.138. The first-order valence-corrected chi connectivity index (χ1v) is 14.0. The summed E-state index contributed by atoms with van der Waals surface area (Å²) in [5.41, 5.74) is 0. The Morgan fingerprint density at radius 1 is 0.600 bits per heavy atom. The molecule has 0 aliphatic heterocycles. The maximum Gasteiger partial charge on any atom is 1.00 e. The van der Waals surface area contributed by atoms with Gasteiger partial charge in [-0.05, 0) is 19.3 Å². The van der Waals surface area contributed by atoms with Gasteiger partial charge >= 0.3 is 51.4 Å². The van der Waals surface area contributed by atoms with E-state index in [1.165, 1.54) is 70.6 Å². The van der Waals surface area contributed by atoms with Gasteiger partial charge in [0.2, 0.25) is 0 Å². The molecule has 0 radical (unpaired) electrons. The van der Waals surface area contributed by atoms with Crippen LogP contribution in [0.3, 0.4) is 0 Å². The summed E-state index contributed by atoms with van der Waals surface area (Å²) in [6.07, 6.45) is 23.4. The zero-order chi connectivity index (χ0) is 21.6. The van der Waals surface area contributed by atoms with E-state index in [-0.39, 0.29) is 51.4 Å². The van der Waals surface area contributed by atoms with Gasteiger partial charge in [0.25, 0.3) is 0 Å². The molecule has 176 valence electrons. The molecule has 30 heavy (non-hydrogen) atoms. The molecular formula is C24H49KO4S. The van der Waals surface area contributed by atoms with Gasteiger partial charge in [0.15, 0.2) is 0 Å². The van der Waals surface area contributed by atoms with Crippen molar-refractivity contribution in [2.45, 2.75) is 147 Å². The Morgan fingerprint density at radius 3 is 1.20 bits per heavy atom. The summed E-state index contributed by atoms with van der Waals surface area (Å²) in [7, 11) is -4.14. The van der Waals surface area contributed by atoms with Crippen LogP contribution in [0.5, 0.6) is 0 Å². The molecule has 0 aliphatic carbocycles. The van der Waals surface area contributed by atoms with Crippen LogP contribution in [-0.4, -0.2) is 29.9 Å². The minimum atomic E-state index is -4.14. The van der Waals surface area contributed by atoms with Crippen molar-refractivity contribution in [3.8, 4) is 0 Å². The third kappa shape index (κ3) is 24.2. The molecule has 0 aromatic heterocycles. The third-order valence-electron chi connectivity index (χ3n) is 5.97. The zero-order valence-electron chi connectivity index (χ0n) is 20.2. The molecule has 0 saturated heterocycles. The normalized spacial score (nSPS) is 12.6. The van der Waals surface area contributed by atoms with Gasteiger partial charge in [0.1, 0.15) is 0 Å². The Balaban J connectivity index is 0. The van der Waals surface area contributed by atoms with Gasteiger partial charge in [-0.1, -0.05) is 122 Å². The van der Waals surface area contributed by atoms with Crippen molar-refractivity contribution in [2.24, 2.45) is 0 Å². The molecular weight excluding hydrogens is 423 g/mol. The molecule has 1 unspecified atom stereocenters. The van der Waals surface area contributed by atoms with E-state index < -0.39 is 15.4 Å². The van der Waals surface area contributed by atoms with Gasteiger partial charge in [-0.25, -0.2) is 8.42 Å². The Bertz CT molecular complexity index is 429. The van der Waals surface area contributed by atoms with E-state index in [2.05, 4.69) is 6.92 Å². The first kappa shape index (κ1) is 33.7. The van der Waals surface area contributed by atoms with Crippen LogP contribution >= 0.6 is 0 Å². The van der Waals surface area contributed by atoms with E-state index in [1.807, 2.05) is 0 Å². The largest absolute Gasteiger partial charge is 1.00 e. The molecule has 0 saturated carbocycles. The summed E-state index contributed by atoms with van der Waals surface area (Å²) in [5, 5.41) is 8.07. The molecule has 0 heterocycles. The fourth-order valence-corrected chi connectivity index (χ4v) is 4.92. The van der Waals surface area contributed by atoms with Gasteiger partial charge in [-0.2, -0.15) is 0 Å². The second kappa shape index (κ2) is 25.1. The number of rotatable bonds is 23. The SMILES string of the molecule is CCCCCCCC(CCCCCCCCCCCCCCCCO)S(=O)(=O)[O-].[K+]. The van der Waals surface area contributed by atoms with Crippen LogP contribution in [0.2, 0.25) is 0 Å². The molecule has 6 heteroatoms. The zero-order valence-corrected chi connectivity index (χ0v) is 24.2. The van der Waals surface area contributed by atoms with Crippen molar-refractivity contribution in [1.82, 2.24) is 0 Å². The topological polar surface area (TPSA) is 77.4 Å².